The molecule has 0 N–H and O–H groups in total. The molecule has 0 saturated carbocycles. The van der Waals surface area contributed by atoms with Gasteiger partial charge in [0.1, 0.15) is 11.2 Å². The van der Waals surface area contributed by atoms with Crippen LogP contribution in [0.3, 0.4) is 0 Å². The molecule has 0 bridgehead atoms. The third-order valence-electron chi connectivity index (χ3n) is 5.20. The standard InChI is InChI=1S/C22H28O/c1-3-5-17-21(19-13-9-7-10-14-19)22(23-21,18-6-4-2)20-15-11-8-12-16-20/h7-16H,3-6,17-18H2,1-2H3. The third kappa shape index (κ3) is 2.83. The lowest BCUT2D eigenvalue weighted by molar-refractivity contribution is 0.244. The predicted molar refractivity (Wildman–Crippen MR) is 96.4 cm³/mol. The molecule has 2 aromatic carbocycles. The zero-order chi connectivity index (χ0) is 16.2. The molecular formula is C22H28O. The lowest BCUT2D eigenvalue weighted by atomic mass is 9.76. The molecule has 2 unspecified atom stereocenters. The van der Waals surface area contributed by atoms with Crippen molar-refractivity contribution in [3.63, 3.8) is 0 Å². The number of hydrogen-bond acceptors (Lipinski definition) is 1. The Kier molecular flexibility index (Phi) is 4.87. The Bertz CT molecular complexity index is 551. The first-order chi connectivity index (χ1) is 11.3. The molecule has 1 heteroatoms. The van der Waals surface area contributed by atoms with Crippen LogP contribution in [0.4, 0.5) is 0 Å². The molecule has 1 saturated heterocycles. The summed E-state index contributed by atoms with van der Waals surface area (Å²) in [6.07, 6.45) is 7.02. The molecule has 0 aromatic heterocycles. The van der Waals surface area contributed by atoms with E-state index in [1.54, 1.807) is 0 Å². The molecule has 0 amide bonds. The molecule has 1 nitrogen and oxygen atoms in total. The van der Waals surface area contributed by atoms with E-state index in [-0.39, 0.29) is 11.2 Å². The first-order valence-corrected chi connectivity index (χ1v) is 9.10. The molecule has 0 radical (unpaired) electrons. The molecular weight excluding hydrogens is 280 g/mol. The van der Waals surface area contributed by atoms with Crippen molar-refractivity contribution in [3.8, 4) is 0 Å². The fourth-order valence-electron chi connectivity index (χ4n) is 3.92. The molecule has 23 heavy (non-hydrogen) atoms. The van der Waals surface area contributed by atoms with E-state index in [0.29, 0.717) is 0 Å². The van der Waals surface area contributed by atoms with Crippen molar-refractivity contribution in [3.05, 3.63) is 71.8 Å². The highest BCUT2D eigenvalue weighted by atomic mass is 16.6. The lowest BCUT2D eigenvalue weighted by Gasteiger charge is -2.21. The van der Waals surface area contributed by atoms with Gasteiger partial charge in [0.05, 0.1) is 0 Å². The molecule has 3 rings (SSSR count). The van der Waals surface area contributed by atoms with Crippen LogP contribution in [0.1, 0.15) is 63.5 Å². The zero-order valence-electron chi connectivity index (χ0n) is 14.4. The van der Waals surface area contributed by atoms with Crippen molar-refractivity contribution in [2.75, 3.05) is 0 Å². The minimum absolute atomic E-state index is 0.138. The van der Waals surface area contributed by atoms with Crippen LogP contribution in [0.25, 0.3) is 0 Å². The van der Waals surface area contributed by atoms with Crippen LogP contribution in [0.2, 0.25) is 0 Å². The Hall–Kier alpha value is -1.60. The fraction of sp³-hybridized carbons (Fsp3) is 0.455. The molecule has 2 aromatic rings. The molecule has 1 fully saturated rings. The summed E-state index contributed by atoms with van der Waals surface area (Å²) in [6.45, 7) is 4.52. The molecule has 1 aliphatic rings. The highest BCUT2D eigenvalue weighted by Gasteiger charge is 2.70. The SMILES string of the molecule is CCCCC1(c2ccccc2)OC1(CCCC)c1ccccc1. The summed E-state index contributed by atoms with van der Waals surface area (Å²) in [4.78, 5) is 0. The van der Waals surface area contributed by atoms with Gasteiger partial charge in [-0.25, -0.2) is 0 Å². The Morgan fingerprint density at radius 2 is 1.04 bits per heavy atom. The second-order valence-corrected chi connectivity index (χ2v) is 6.70. The van der Waals surface area contributed by atoms with Gasteiger partial charge >= 0.3 is 0 Å². The maximum atomic E-state index is 6.67. The van der Waals surface area contributed by atoms with Gasteiger partial charge in [0, 0.05) is 0 Å². The van der Waals surface area contributed by atoms with Crippen LogP contribution in [-0.4, -0.2) is 0 Å². The quantitative estimate of drug-likeness (QED) is 0.530. The highest BCUT2D eigenvalue weighted by molar-refractivity contribution is 5.41. The van der Waals surface area contributed by atoms with E-state index in [1.807, 2.05) is 0 Å². The van der Waals surface area contributed by atoms with Gasteiger partial charge < -0.3 is 4.74 Å². The molecule has 2 atom stereocenters. The Morgan fingerprint density at radius 3 is 1.39 bits per heavy atom. The number of ether oxygens (including phenoxy) is 1. The first-order valence-electron chi connectivity index (χ1n) is 9.10. The Morgan fingerprint density at radius 1 is 0.652 bits per heavy atom. The number of epoxide rings is 1. The summed E-state index contributed by atoms with van der Waals surface area (Å²) in [5.41, 5.74) is 2.41. The Labute approximate surface area is 140 Å². The lowest BCUT2D eigenvalue weighted by Crippen LogP contribution is -2.23. The van der Waals surface area contributed by atoms with Gasteiger partial charge in [0.25, 0.3) is 0 Å². The second kappa shape index (κ2) is 6.88. The summed E-state index contributed by atoms with van der Waals surface area (Å²) >= 11 is 0. The van der Waals surface area contributed by atoms with Crippen molar-refractivity contribution in [2.24, 2.45) is 0 Å². The van der Waals surface area contributed by atoms with Gasteiger partial charge in [-0.05, 0) is 24.0 Å². The highest BCUT2D eigenvalue weighted by Crippen LogP contribution is 2.67. The van der Waals surface area contributed by atoms with E-state index in [2.05, 4.69) is 74.5 Å². The van der Waals surface area contributed by atoms with Crippen molar-refractivity contribution in [1.82, 2.24) is 0 Å². The molecule has 122 valence electrons. The zero-order valence-corrected chi connectivity index (χ0v) is 14.4. The smallest absolute Gasteiger partial charge is 0.128 e. The van der Waals surface area contributed by atoms with Crippen LogP contribution in [0.5, 0.6) is 0 Å². The van der Waals surface area contributed by atoms with Gasteiger partial charge in [-0.15, -0.1) is 0 Å². The average molecular weight is 308 g/mol. The largest absolute Gasteiger partial charge is 0.352 e. The Balaban J connectivity index is 2.02. The van der Waals surface area contributed by atoms with Crippen LogP contribution >= 0.6 is 0 Å². The van der Waals surface area contributed by atoms with Crippen molar-refractivity contribution < 1.29 is 4.74 Å². The topological polar surface area (TPSA) is 12.5 Å². The molecule has 1 heterocycles. The summed E-state index contributed by atoms with van der Waals surface area (Å²) in [5, 5.41) is 0. The van der Waals surface area contributed by atoms with E-state index in [1.165, 1.54) is 36.8 Å². The maximum Gasteiger partial charge on any atom is 0.128 e. The summed E-state index contributed by atoms with van der Waals surface area (Å²) in [7, 11) is 0. The van der Waals surface area contributed by atoms with Gasteiger partial charge in [-0.3, -0.25) is 0 Å². The van der Waals surface area contributed by atoms with Crippen molar-refractivity contribution >= 4 is 0 Å². The number of rotatable bonds is 8. The van der Waals surface area contributed by atoms with E-state index >= 15 is 0 Å². The van der Waals surface area contributed by atoms with E-state index < -0.39 is 0 Å². The van der Waals surface area contributed by atoms with Crippen LogP contribution in [0, 0.1) is 0 Å². The molecule has 0 spiro atoms. The predicted octanol–water partition coefficient (Wildman–Crippen LogP) is 6.19. The number of benzene rings is 2. The van der Waals surface area contributed by atoms with E-state index in [0.717, 1.165) is 12.8 Å². The monoisotopic (exact) mass is 308 g/mol. The van der Waals surface area contributed by atoms with Gasteiger partial charge in [-0.2, -0.15) is 0 Å². The summed E-state index contributed by atoms with van der Waals surface area (Å²) in [6, 6.07) is 21.7. The summed E-state index contributed by atoms with van der Waals surface area (Å²) in [5.74, 6) is 0. The van der Waals surface area contributed by atoms with Crippen LogP contribution in [-0.2, 0) is 15.9 Å². The average Bonchev–Trinajstić information content (AvgIpc) is 3.30. The first kappa shape index (κ1) is 16.3. The van der Waals surface area contributed by atoms with Crippen molar-refractivity contribution in [2.45, 2.75) is 63.6 Å². The molecule has 0 aliphatic carbocycles. The number of hydrogen-bond donors (Lipinski definition) is 0. The van der Waals surface area contributed by atoms with Gasteiger partial charge in [0.15, 0.2) is 0 Å². The minimum Gasteiger partial charge on any atom is -0.352 e. The second-order valence-electron chi connectivity index (χ2n) is 6.70. The van der Waals surface area contributed by atoms with Crippen molar-refractivity contribution in [1.29, 1.82) is 0 Å². The van der Waals surface area contributed by atoms with Gasteiger partial charge in [-0.1, -0.05) is 100 Å². The van der Waals surface area contributed by atoms with Gasteiger partial charge in [0.2, 0.25) is 0 Å². The molecule has 1 aliphatic heterocycles. The number of unbranched alkanes of at least 4 members (excludes halogenated alkanes) is 2. The third-order valence-corrected chi connectivity index (χ3v) is 5.20. The summed E-state index contributed by atoms with van der Waals surface area (Å²) < 4.78 is 6.67. The van der Waals surface area contributed by atoms with Crippen LogP contribution in [0.15, 0.2) is 60.7 Å². The van der Waals surface area contributed by atoms with E-state index in [4.69, 9.17) is 4.74 Å². The maximum absolute atomic E-state index is 6.67. The van der Waals surface area contributed by atoms with E-state index in [9.17, 15) is 0 Å². The van der Waals surface area contributed by atoms with Crippen LogP contribution < -0.4 is 0 Å². The fourth-order valence-corrected chi connectivity index (χ4v) is 3.92. The normalized spacial score (nSPS) is 26.2. The minimum atomic E-state index is -0.138.